The number of nitrogens with zero attached hydrogens (tertiary/aromatic N) is 3. The molecule has 1 atom stereocenters. The van der Waals surface area contributed by atoms with Crippen LogP contribution in [0.25, 0.3) is 0 Å². The Morgan fingerprint density at radius 1 is 1.41 bits per heavy atom. The molecule has 0 aromatic carbocycles. The molecule has 0 bridgehead atoms. The number of rotatable bonds is 5. The molecule has 5 heteroatoms. The van der Waals surface area contributed by atoms with E-state index in [1.165, 1.54) is 19.3 Å². The summed E-state index contributed by atoms with van der Waals surface area (Å²) in [5, 5.41) is 10.3. The van der Waals surface area contributed by atoms with Crippen LogP contribution in [0.5, 0.6) is 0 Å². The van der Waals surface area contributed by atoms with Crippen LogP contribution in [0.4, 0.5) is 0 Å². The van der Waals surface area contributed by atoms with Crippen LogP contribution in [-0.4, -0.2) is 41.4 Å². The van der Waals surface area contributed by atoms with E-state index >= 15 is 0 Å². The Balaban J connectivity index is 1.68. The van der Waals surface area contributed by atoms with E-state index in [1.54, 1.807) is 11.3 Å². The molecule has 1 aliphatic heterocycles. The SMILES string of the molecule is Cc1nnc(CN(C)CCC2CCCCO2)s1. The van der Waals surface area contributed by atoms with E-state index in [0.29, 0.717) is 6.10 Å². The molecule has 0 spiro atoms. The Morgan fingerprint density at radius 3 is 2.94 bits per heavy atom. The summed E-state index contributed by atoms with van der Waals surface area (Å²) in [6.45, 7) is 4.92. The highest BCUT2D eigenvalue weighted by molar-refractivity contribution is 7.11. The van der Waals surface area contributed by atoms with Gasteiger partial charge in [-0.15, -0.1) is 21.5 Å². The third kappa shape index (κ3) is 4.33. The first-order valence-corrected chi connectivity index (χ1v) is 7.15. The second-order valence-corrected chi connectivity index (χ2v) is 6.00. The van der Waals surface area contributed by atoms with Crippen molar-refractivity contribution in [2.24, 2.45) is 0 Å². The van der Waals surface area contributed by atoms with Crippen molar-refractivity contribution in [3.05, 3.63) is 10.0 Å². The first-order valence-electron chi connectivity index (χ1n) is 6.33. The van der Waals surface area contributed by atoms with Gasteiger partial charge in [-0.25, -0.2) is 0 Å². The molecule has 0 radical (unpaired) electrons. The zero-order chi connectivity index (χ0) is 12.1. The molecule has 0 amide bonds. The van der Waals surface area contributed by atoms with Crippen molar-refractivity contribution < 1.29 is 4.74 Å². The fourth-order valence-electron chi connectivity index (χ4n) is 2.11. The molecule has 1 aromatic rings. The van der Waals surface area contributed by atoms with Gasteiger partial charge >= 0.3 is 0 Å². The predicted octanol–water partition coefficient (Wildman–Crippen LogP) is 2.24. The van der Waals surface area contributed by atoms with Gasteiger partial charge in [0.15, 0.2) is 0 Å². The van der Waals surface area contributed by atoms with Crippen molar-refractivity contribution in [2.75, 3.05) is 20.2 Å². The maximum Gasteiger partial charge on any atom is 0.131 e. The molecule has 2 rings (SSSR count). The first-order chi connectivity index (χ1) is 8.24. The predicted molar refractivity (Wildman–Crippen MR) is 69.2 cm³/mol. The molecular formula is C12H21N3OS. The average Bonchev–Trinajstić information content (AvgIpc) is 2.73. The van der Waals surface area contributed by atoms with Crippen LogP contribution in [0.3, 0.4) is 0 Å². The summed E-state index contributed by atoms with van der Waals surface area (Å²) in [4.78, 5) is 2.30. The zero-order valence-electron chi connectivity index (χ0n) is 10.7. The van der Waals surface area contributed by atoms with E-state index in [0.717, 1.165) is 36.1 Å². The van der Waals surface area contributed by atoms with Gasteiger partial charge in [0, 0.05) is 13.2 Å². The number of ether oxygens (including phenoxy) is 1. The maximum absolute atomic E-state index is 5.73. The summed E-state index contributed by atoms with van der Waals surface area (Å²) in [7, 11) is 2.14. The van der Waals surface area contributed by atoms with Crippen LogP contribution in [0.2, 0.25) is 0 Å². The fraction of sp³-hybridized carbons (Fsp3) is 0.833. The lowest BCUT2D eigenvalue weighted by atomic mass is 10.1. The van der Waals surface area contributed by atoms with Crippen molar-refractivity contribution in [1.29, 1.82) is 0 Å². The Morgan fingerprint density at radius 2 is 2.29 bits per heavy atom. The van der Waals surface area contributed by atoms with E-state index in [2.05, 4.69) is 22.1 Å². The van der Waals surface area contributed by atoms with Gasteiger partial charge in [0.1, 0.15) is 10.0 Å². The first kappa shape index (κ1) is 12.9. The Hall–Kier alpha value is -0.520. The third-order valence-corrected chi connectivity index (χ3v) is 3.90. The van der Waals surface area contributed by atoms with Crippen molar-refractivity contribution >= 4 is 11.3 Å². The van der Waals surface area contributed by atoms with Crippen molar-refractivity contribution in [2.45, 2.75) is 45.3 Å². The average molecular weight is 255 g/mol. The minimum atomic E-state index is 0.474. The molecule has 1 unspecified atom stereocenters. The Bertz CT molecular complexity index is 336. The summed E-state index contributed by atoms with van der Waals surface area (Å²) >= 11 is 1.68. The van der Waals surface area contributed by atoms with Gasteiger partial charge in [0.25, 0.3) is 0 Å². The summed E-state index contributed by atoms with van der Waals surface area (Å²) in [5.74, 6) is 0. The van der Waals surface area contributed by atoms with Crippen LogP contribution in [0.1, 0.15) is 35.7 Å². The fourth-order valence-corrected chi connectivity index (χ4v) is 2.90. The highest BCUT2D eigenvalue weighted by Gasteiger charge is 2.14. The summed E-state index contributed by atoms with van der Waals surface area (Å²) in [6.07, 6.45) is 5.39. The number of hydrogen-bond donors (Lipinski definition) is 0. The molecule has 0 saturated carbocycles. The van der Waals surface area contributed by atoms with Crippen LogP contribution in [-0.2, 0) is 11.3 Å². The van der Waals surface area contributed by atoms with Crippen LogP contribution < -0.4 is 0 Å². The van der Waals surface area contributed by atoms with Crippen molar-refractivity contribution in [1.82, 2.24) is 15.1 Å². The molecular weight excluding hydrogens is 234 g/mol. The second kappa shape index (κ2) is 6.42. The van der Waals surface area contributed by atoms with E-state index in [-0.39, 0.29) is 0 Å². The van der Waals surface area contributed by atoms with E-state index in [4.69, 9.17) is 4.74 Å². The molecule has 96 valence electrons. The standard InChI is InChI=1S/C12H21N3OS/c1-10-13-14-12(17-10)9-15(2)7-6-11-5-3-4-8-16-11/h11H,3-9H2,1-2H3. The Kier molecular flexibility index (Phi) is 4.88. The zero-order valence-corrected chi connectivity index (χ0v) is 11.5. The number of hydrogen-bond acceptors (Lipinski definition) is 5. The molecule has 0 N–H and O–H groups in total. The lowest BCUT2D eigenvalue weighted by molar-refractivity contribution is 0.00640. The molecule has 1 fully saturated rings. The second-order valence-electron chi connectivity index (χ2n) is 4.73. The van der Waals surface area contributed by atoms with Crippen LogP contribution in [0, 0.1) is 6.92 Å². The molecule has 1 saturated heterocycles. The molecule has 2 heterocycles. The maximum atomic E-state index is 5.73. The van der Waals surface area contributed by atoms with Gasteiger partial charge in [-0.05, 0) is 39.7 Å². The molecule has 1 aliphatic rings. The Labute approximate surface area is 107 Å². The van der Waals surface area contributed by atoms with E-state index < -0.39 is 0 Å². The van der Waals surface area contributed by atoms with Crippen molar-refractivity contribution in [3.8, 4) is 0 Å². The quantitative estimate of drug-likeness (QED) is 0.809. The monoisotopic (exact) mass is 255 g/mol. The van der Waals surface area contributed by atoms with Gasteiger partial charge < -0.3 is 4.74 Å². The van der Waals surface area contributed by atoms with Crippen molar-refractivity contribution in [3.63, 3.8) is 0 Å². The number of aromatic nitrogens is 2. The third-order valence-electron chi connectivity index (χ3n) is 3.08. The van der Waals surface area contributed by atoms with Gasteiger partial charge in [0.2, 0.25) is 0 Å². The molecule has 17 heavy (non-hydrogen) atoms. The van der Waals surface area contributed by atoms with Gasteiger partial charge in [-0.2, -0.15) is 0 Å². The van der Waals surface area contributed by atoms with Gasteiger partial charge in [-0.3, -0.25) is 4.90 Å². The lowest BCUT2D eigenvalue weighted by Gasteiger charge is -2.24. The normalized spacial score (nSPS) is 21.0. The highest BCUT2D eigenvalue weighted by Crippen LogP contribution is 2.16. The molecule has 4 nitrogen and oxygen atoms in total. The van der Waals surface area contributed by atoms with E-state index in [1.807, 2.05) is 6.92 Å². The molecule has 1 aromatic heterocycles. The van der Waals surface area contributed by atoms with Gasteiger partial charge in [-0.1, -0.05) is 0 Å². The van der Waals surface area contributed by atoms with E-state index in [9.17, 15) is 0 Å². The minimum Gasteiger partial charge on any atom is -0.378 e. The lowest BCUT2D eigenvalue weighted by Crippen LogP contribution is -2.26. The highest BCUT2D eigenvalue weighted by atomic mass is 32.1. The summed E-state index contributed by atoms with van der Waals surface area (Å²) < 4.78 is 5.73. The molecule has 0 aliphatic carbocycles. The van der Waals surface area contributed by atoms with Crippen LogP contribution in [0.15, 0.2) is 0 Å². The largest absolute Gasteiger partial charge is 0.378 e. The number of aryl methyl sites for hydroxylation is 1. The topological polar surface area (TPSA) is 38.2 Å². The van der Waals surface area contributed by atoms with Gasteiger partial charge in [0.05, 0.1) is 12.6 Å². The minimum absolute atomic E-state index is 0.474. The smallest absolute Gasteiger partial charge is 0.131 e. The van der Waals surface area contributed by atoms with Crippen LogP contribution >= 0.6 is 11.3 Å². The summed E-state index contributed by atoms with van der Waals surface area (Å²) in [6, 6.07) is 0. The summed E-state index contributed by atoms with van der Waals surface area (Å²) in [5.41, 5.74) is 0.